The van der Waals surface area contributed by atoms with Crippen LogP contribution in [-0.2, 0) is 9.53 Å². The van der Waals surface area contributed by atoms with Crippen LogP contribution in [0.5, 0.6) is 0 Å². The fraction of sp³-hybridized carbons (Fsp3) is 0.310. The number of nitrogens with zero attached hydrogens (tertiary/aromatic N) is 3. The normalized spacial score (nSPS) is 16.3. The number of hydrogen-bond donors (Lipinski definition) is 0. The highest BCUT2D eigenvalue weighted by molar-refractivity contribution is 8.18. The monoisotopic (exact) mass is 487 g/mol. The first-order chi connectivity index (χ1) is 16.9. The maximum absolute atomic E-state index is 13.4. The Morgan fingerprint density at radius 1 is 1.06 bits per heavy atom. The molecule has 1 aliphatic heterocycles. The van der Waals surface area contributed by atoms with E-state index in [0.717, 1.165) is 34.7 Å². The van der Waals surface area contributed by atoms with E-state index in [1.165, 1.54) is 17.3 Å². The highest BCUT2D eigenvalue weighted by Crippen LogP contribution is 2.35. The van der Waals surface area contributed by atoms with Gasteiger partial charge in [-0.2, -0.15) is 0 Å². The molecule has 1 aromatic heterocycles. The van der Waals surface area contributed by atoms with Crippen LogP contribution < -0.4 is 0 Å². The van der Waals surface area contributed by atoms with Gasteiger partial charge >= 0.3 is 0 Å². The minimum absolute atomic E-state index is 0.00752. The third-order valence-corrected chi connectivity index (χ3v) is 7.18. The van der Waals surface area contributed by atoms with E-state index in [1.54, 1.807) is 12.0 Å². The first kappa shape index (κ1) is 25.0. The average Bonchev–Trinajstić information content (AvgIpc) is 3.29. The lowest BCUT2D eigenvalue weighted by atomic mass is 10.0. The molecule has 1 fully saturated rings. The molecular weight excluding hydrogens is 454 g/mol. The second-order valence-electron chi connectivity index (χ2n) is 9.05. The molecule has 4 rings (SSSR count). The van der Waals surface area contributed by atoms with Crippen LogP contribution in [-0.4, -0.2) is 40.8 Å². The van der Waals surface area contributed by atoms with Crippen molar-refractivity contribution in [1.82, 2.24) is 9.47 Å². The van der Waals surface area contributed by atoms with Crippen molar-refractivity contribution < 1.29 is 9.53 Å². The number of carbonyl (C=O) groups is 1. The average molecular weight is 488 g/mol. The Bertz CT molecular complexity index is 1240. The van der Waals surface area contributed by atoms with Crippen LogP contribution in [0, 0.1) is 13.8 Å². The molecule has 182 valence electrons. The number of benzene rings is 2. The van der Waals surface area contributed by atoms with Crippen molar-refractivity contribution in [2.24, 2.45) is 4.99 Å². The van der Waals surface area contributed by atoms with Gasteiger partial charge in [-0.05, 0) is 85.5 Å². The Morgan fingerprint density at radius 3 is 2.43 bits per heavy atom. The van der Waals surface area contributed by atoms with E-state index in [4.69, 9.17) is 9.73 Å². The number of aliphatic imine (C=N–C) groups is 1. The second kappa shape index (κ2) is 11.1. The maximum Gasteiger partial charge on any atom is 0.266 e. The number of ether oxygens (including phenoxy) is 1. The number of amidine groups is 1. The molecule has 1 saturated heterocycles. The summed E-state index contributed by atoms with van der Waals surface area (Å²) in [6.07, 6.45) is 2.76. The topological polar surface area (TPSA) is 46.8 Å². The standard InChI is InChI=1S/C29H33N3O2S/c1-20(2)23-12-14-26(15-13-23)32-21(3)18-24(22(32)4)19-27-28(33)31(16-9-17-34-5)29(35-27)30-25-10-7-6-8-11-25/h6-8,10-15,18-20H,9,16-17H2,1-5H3/b27-19-,30-29?. The molecule has 3 aromatic rings. The predicted molar refractivity (Wildman–Crippen MR) is 147 cm³/mol. The van der Waals surface area contributed by atoms with Crippen LogP contribution >= 0.6 is 11.8 Å². The molecule has 0 spiro atoms. The predicted octanol–water partition coefficient (Wildman–Crippen LogP) is 6.86. The van der Waals surface area contributed by atoms with Crippen molar-refractivity contribution in [3.05, 3.63) is 88.1 Å². The van der Waals surface area contributed by atoms with Crippen molar-refractivity contribution in [1.29, 1.82) is 0 Å². The van der Waals surface area contributed by atoms with Gasteiger partial charge in [0.15, 0.2) is 5.17 Å². The van der Waals surface area contributed by atoms with Gasteiger partial charge in [0.05, 0.1) is 10.6 Å². The highest BCUT2D eigenvalue weighted by atomic mass is 32.2. The minimum Gasteiger partial charge on any atom is -0.385 e. The molecule has 0 unspecified atom stereocenters. The molecule has 0 aliphatic carbocycles. The van der Waals surface area contributed by atoms with Gasteiger partial charge in [-0.3, -0.25) is 9.69 Å². The summed E-state index contributed by atoms with van der Waals surface area (Å²) in [6, 6.07) is 20.6. The molecule has 1 amide bonds. The Balaban J connectivity index is 1.66. The number of carbonyl (C=O) groups excluding carboxylic acids is 1. The van der Waals surface area contributed by atoms with Crippen LogP contribution in [0.2, 0.25) is 0 Å². The van der Waals surface area contributed by atoms with Gasteiger partial charge in [0.1, 0.15) is 0 Å². The van der Waals surface area contributed by atoms with Gasteiger partial charge in [0.25, 0.3) is 5.91 Å². The Morgan fingerprint density at radius 2 is 1.77 bits per heavy atom. The first-order valence-corrected chi connectivity index (χ1v) is 12.8. The van der Waals surface area contributed by atoms with Gasteiger partial charge in [-0.25, -0.2) is 4.99 Å². The summed E-state index contributed by atoms with van der Waals surface area (Å²) in [7, 11) is 1.68. The fourth-order valence-electron chi connectivity index (χ4n) is 4.25. The van der Waals surface area contributed by atoms with E-state index >= 15 is 0 Å². The molecule has 2 heterocycles. The Hall–Kier alpha value is -3.09. The summed E-state index contributed by atoms with van der Waals surface area (Å²) in [5.74, 6) is 0.493. The Kier molecular flexibility index (Phi) is 7.93. The number of aromatic nitrogens is 1. The van der Waals surface area contributed by atoms with Gasteiger partial charge in [0.2, 0.25) is 0 Å². The van der Waals surface area contributed by atoms with Crippen molar-refractivity contribution in [3.8, 4) is 5.69 Å². The van der Waals surface area contributed by atoms with E-state index in [0.29, 0.717) is 29.1 Å². The molecular formula is C29H33N3O2S. The lowest BCUT2D eigenvalue weighted by molar-refractivity contribution is -0.122. The van der Waals surface area contributed by atoms with E-state index < -0.39 is 0 Å². The molecule has 0 bridgehead atoms. The molecule has 0 atom stereocenters. The van der Waals surface area contributed by atoms with Crippen molar-refractivity contribution in [2.45, 2.75) is 40.0 Å². The molecule has 5 nitrogen and oxygen atoms in total. The molecule has 0 radical (unpaired) electrons. The van der Waals surface area contributed by atoms with E-state index in [9.17, 15) is 4.79 Å². The van der Waals surface area contributed by atoms with Crippen LogP contribution in [0.15, 0.2) is 70.6 Å². The summed E-state index contributed by atoms with van der Waals surface area (Å²) in [5.41, 5.74) is 6.59. The molecule has 6 heteroatoms. The largest absolute Gasteiger partial charge is 0.385 e. The number of para-hydroxylation sites is 1. The molecule has 35 heavy (non-hydrogen) atoms. The van der Waals surface area contributed by atoms with Crippen molar-refractivity contribution in [3.63, 3.8) is 0 Å². The molecule has 2 aromatic carbocycles. The zero-order chi connectivity index (χ0) is 24.9. The third-order valence-electron chi connectivity index (χ3n) is 6.17. The van der Waals surface area contributed by atoms with Gasteiger partial charge in [-0.15, -0.1) is 0 Å². The van der Waals surface area contributed by atoms with E-state index in [1.807, 2.05) is 36.4 Å². The summed E-state index contributed by atoms with van der Waals surface area (Å²) >= 11 is 1.44. The summed E-state index contributed by atoms with van der Waals surface area (Å²) in [5, 5.41) is 0.710. The number of amides is 1. The Labute approximate surface area is 212 Å². The zero-order valence-corrected chi connectivity index (χ0v) is 21.9. The van der Waals surface area contributed by atoms with Crippen LogP contribution in [0.25, 0.3) is 11.8 Å². The quantitative estimate of drug-likeness (QED) is 0.258. The molecule has 0 saturated carbocycles. The number of rotatable bonds is 8. The second-order valence-corrected chi connectivity index (χ2v) is 10.1. The van der Waals surface area contributed by atoms with Crippen LogP contribution in [0.1, 0.15) is 48.7 Å². The highest BCUT2D eigenvalue weighted by Gasteiger charge is 2.33. The lowest BCUT2D eigenvalue weighted by Gasteiger charge is -2.15. The van der Waals surface area contributed by atoms with E-state index in [2.05, 4.69) is 62.6 Å². The minimum atomic E-state index is -0.00752. The lowest BCUT2D eigenvalue weighted by Crippen LogP contribution is -2.30. The van der Waals surface area contributed by atoms with E-state index in [-0.39, 0.29) is 5.91 Å². The zero-order valence-electron chi connectivity index (χ0n) is 21.1. The number of thioether (sulfide) groups is 1. The summed E-state index contributed by atoms with van der Waals surface area (Å²) < 4.78 is 7.45. The fourth-order valence-corrected chi connectivity index (χ4v) is 5.26. The van der Waals surface area contributed by atoms with Gasteiger partial charge in [0, 0.05) is 37.3 Å². The van der Waals surface area contributed by atoms with Gasteiger partial charge < -0.3 is 9.30 Å². The molecule has 0 N–H and O–H groups in total. The van der Waals surface area contributed by atoms with Gasteiger partial charge in [-0.1, -0.05) is 44.2 Å². The van der Waals surface area contributed by atoms with Crippen LogP contribution in [0.3, 0.4) is 0 Å². The van der Waals surface area contributed by atoms with Crippen molar-refractivity contribution in [2.75, 3.05) is 20.3 Å². The SMILES string of the molecule is COCCCN1C(=O)/C(=C/c2cc(C)n(-c3ccc(C(C)C)cc3)c2C)SC1=Nc1ccccc1. The van der Waals surface area contributed by atoms with Crippen molar-refractivity contribution >= 4 is 34.6 Å². The summed E-state index contributed by atoms with van der Waals surface area (Å²) in [4.78, 5) is 20.6. The molecule has 1 aliphatic rings. The number of methoxy groups -OCH3 is 1. The first-order valence-electron chi connectivity index (χ1n) is 12.0. The third kappa shape index (κ3) is 5.60. The maximum atomic E-state index is 13.4. The van der Waals surface area contributed by atoms with Crippen LogP contribution in [0.4, 0.5) is 5.69 Å². The number of aryl methyl sites for hydroxylation is 1. The number of hydrogen-bond acceptors (Lipinski definition) is 4. The summed E-state index contributed by atoms with van der Waals surface area (Å²) in [6.45, 7) is 9.79. The smallest absolute Gasteiger partial charge is 0.266 e.